The number of aryl methyl sites for hydroxylation is 1. The average molecular weight is 395 g/mol. The average Bonchev–Trinajstić information content (AvgIpc) is 2.78. The van der Waals surface area contributed by atoms with Crippen molar-refractivity contribution < 1.29 is 14.7 Å². The molecule has 0 atom stereocenters. The number of benzene rings is 4. The summed E-state index contributed by atoms with van der Waals surface area (Å²) in [6.45, 7) is 0. The molecule has 0 aromatic heterocycles. The highest BCUT2D eigenvalue weighted by atomic mass is 16.4. The molecule has 0 aliphatic carbocycles. The molecule has 4 heteroatoms. The smallest absolute Gasteiger partial charge is 0.337 e. The van der Waals surface area contributed by atoms with Crippen molar-refractivity contribution in [1.29, 1.82) is 0 Å². The number of hydrogen-bond acceptors (Lipinski definition) is 2. The molecule has 0 saturated carbocycles. The van der Waals surface area contributed by atoms with Gasteiger partial charge < -0.3 is 10.4 Å². The van der Waals surface area contributed by atoms with Gasteiger partial charge in [-0.1, -0.05) is 78.9 Å². The lowest BCUT2D eigenvalue weighted by molar-refractivity contribution is -0.116. The lowest BCUT2D eigenvalue weighted by atomic mass is 10.0. The number of fused-ring (bicyclic) bond motifs is 1. The van der Waals surface area contributed by atoms with Gasteiger partial charge in [-0.05, 0) is 46.0 Å². The van der Waals surface area contributed by atoms with Gasteiger partial charge in [-0.2, -0.15) is 0 Å². The number of nitrogens with one attached hydrogen (secondary N) is 1. The minimum Gasteiger partial charge on any atom is -0.478 e. The molecule has 30 heavy (non-hydrogen) atoms. The Bertz CT molecular complexity index is 1220. The van der Waals surface area contributed by atoms with E-state index >= 15 is 0 Å². The second-order valence-electron chi connectivity index (χ2n) is 7.16. The summed E-state index contributed by atoms with van der Waals surface area (Å²) in [6.07, 6.45) is 0.840. The van der Waals surface area contributed by atoms with Crippen molar-refractivity contribution in [1.82, 2.24) is 0 Å². The van der Waals surface area contributed by atoms with Crippen LogP contribution in [0.15, 0.2) is 91.0 Å². The quantitative estimate of drug-likeness (QED) is 0.435. The normalized spacial score (nSPS) is 10.7. The Balaban J connectivity index is 1.48. The monoisotopic (exact) mass is 395 g/mol. The maximum absolute atomic E-state index is 12.5. The predicted octanol–water partition coefficient (Wildman–Crippen LogP) is 5.78. The van der Waals surface area contributed by atoms with Crippen molar-refractivity contribution in [2.75, 3.05) is 5.32 Å². The van der Waals surface area contributed by atoms with Crippen LogP contribution in [0.3, 0.4) is 0 Å². The number of carbonyl (C=O) groups excluding carboxylic acids is 1. The Morgan fingerprint density at radius 1 is 0.733 bits per heavy atom. The zero-order valence-corrected chi connectivity index (χ0v) is 16.3. The second kappa shape index (κ2) is 8.62. The molecule has 0 fully saturated rings. The van der Waals surface area contributed by atoms with Crippen LogP contribution in [0, 0.1) is 0 Å². The molecule has 1 amide bonds. The van der Waals surface area contributed by atoms with Crippen LogP contribution in [0.4, 0.5) is 5.69 Å². The van der Waals surface area contributed by atoms with E-state index in [0.717, 1.165) is 27.5 Å². The zero-order chi connectivity index (χ0) is 20.9. The molecular weight excluding hydrogens is 374 g/mol. The van der Waals surface area contributed by atoms with Crippen molar-refractivity contribution in [3.8, 4) is 11.1 Å². The molecule has 4 rings (SSSR count). The lowest BCUT2D eigenvalue weighted by Gasteiger charge is -2.11. The summed E-state index contributed by atoms with van der Waals surface area (Å²) in [4.78, 5) is 24.2. The van der Waals surface area contributed by atoms with Crippen LogP contribution in [-0.2, 0) is 11.2 Å². The minimum atomic E-state index is -1.06. The fourth-order valence-corrected chi connectivity index (χ4v) is 3.53. The number of aromatic carboxylic acids is 1. The molecule has 0 unspecified atom stereocenters. The molecule has 0 radical (unpaired) electrons. The molecule has 4 nitrogen and oxygen atoms in total. The highest BCUT2D eigenvalue weighted by Crippen LogP contribution is 2.25. The number of carboxylic acids is 1. The van der Waals surface area contributed by atoms with Gasteiger partial charge in [0.1, 0.15) is 0 Å². The minimum absolute atomic E-state index is 0.0909. The molecule has 0 spiro atoms. The second-order valence-corrected chi connectivity index (χ2v) is 7.16. The number of amides is 1. The van der Waals surface area contributed by atoms with Gasteiger partial charge in [-0.3, -0.25) is 4.79 Å². The van der Waals surface area contributed by atoms with Crippen molar-refractivity contribution in [2.45, 2.75) is 12.8 Å². The fraction of sp³-hybridized carbons (Fsp3) is 0.0769. The van der Waals surface area contributed by atoms with Gasteiger partial charge in [0.2, 0.25) is 5.91 Å². The van der Waals surface area contributed by atoms with E-state index in [9.17, 15) is 14.7 Å². The first-order valence-corrected chi connectivity index (χ1v) is 9.80. The highest BCUT2D eigenvalue weighted by molar-refractivity contribution is 6.05. The zero-order valence-electron chi connectivity index (χ0n) is 16.3. The summed E-state index contributed by atoms with van der Waals surface area (Å²) in [5, 5.41) is 14.0. The molecule has 4 aromatic carbocycles. The highest BCUT2D eigenvalue weighted by Gasteiger charge is 2.14. The topological polar surface area (TPSA) is 66.4 Å². The van der Waals surface area contributed by atoms with E-state index < -0.39 is 5.97 Å². The van der Waals surface area contributed by atoms with Crippen LogP contribution in [0.5, 0.6) is 0 Å². The van der Waals surface area contributed by atoms with Gasteiger partial charge in [-0.25, -0.2) is 4.79 Å². The summed E-state index contributed by atoms with van der Waals surface area (Å²) in [7, 11) is 0. The number of carbonyl (C=O) groups is 2. The van der Waals surface area contributed by atoms with Gasteiger partial charge in [-0.15, -0.1) is 0 Å². The Morgan fingerprint density at radius 2 is 1.40 bits per heavy atom. The molecule has 0 aliphatic heterocycles. The molecule has 2 N–H and O–H groups in total. The van der Waals surface area contributed by atoms with E-state index in [2.05, 4.69) is 23.5 Å². The lowest BCUT2D eigenvalue weighted by Crippen LogP contribution is -2.15. The van der Waals surface area contributed by atoms with Crippen LogP contribution < -0.4 is 5.32 Å². The molecule has 0 aliphatic rings. The molecule has 0 bridgehead atoms. The van der Waals surface area contributed by atoms with E-state index in [-0.39, 0.29) is 17.9 Å². The summed E-state index contributed by atoms with van der Waals surface area (Å²) in [5.74, 6) is -1.27. The van der Waals surface area contributed by atoms with E-state index in [1.807, 2.05) is 60.7 Å². The SMILES string of the molecule is O=C(CCc1cccc(-c2ccccc2)c1)Nc1cc2ccccc2cc1C(=O)O. The van der Waals surface area contributed by atoms with Crippen LogP contribution in [0.25, 0.3) is 21.9 Å². The third kappa shape index (κ3) is 4.39. The maximum atomic E-state index is 12.5. The van der Waals surface area contributed by atoms with E-state index in [1.54, 1.807) is 12.1 Å². The van der Waals surface area contributed by atoms with Crippen LogP contribution >= 0.6 is 0 Å². The van der Waals surface area contributed by atoms with Crippen molar-refractivity contribution in [3.63, 3.8) is 0 Å². The Kier molecular flexibility index (Phi) is 5.57. The summed E-state index contributed by atoms with van der Waals surface area (Å²) in [6, 6.07) is 29.0. The maximum Gasteiger partial charge on any atom is 0.337 e. The summed E-state index contributed by atoms with van der Waals surface area (Å²) < 4.78 is 0. The Labute approximate surface area is 174 Å². The summed E-state index contributed by atoms with van der Waals surface area (Å²) in [5.41, 5.74) is 3.71. The molecule has 4 aromatic rings. The number of anilines is 1. The van der Waals surface area contributed by atoms with Gasteiger partial charge in [0, 0.05) is 6.42 Å². The third-order valence-corrected chi connectivity index (χ3v) is 5.07. The van der Waals surface area contributed by atoms with Gasteiger partial charge in [0.05, 0.1) is 11.3 Å². The predicted molar refractivity (Wildman–Crippen MR) is 120 cm³/mol. The van der Waals surface area contributed by atoms with E-state index in [1.165, 1.54) is 0 Å². The van der Waals surface area contributed by atoms with Crippen molar-refractivity contribution >= 4 is 28.3 Å². The molecule has 0 heterocycles. The molecule has 148 valence electrons. The molecular formula is C26H21NO3. The first-order chi connectivity index (χ1) is 14.6. The summed E-state index contributed by atoms with van der Waals surface area (Å²) >= 11 is 0. The van der Waals surface area contributed by atoms with E-state index in [4.69, 9.17) is 0 Å². The number of hydrogen-bond donors (Lipinski definition) is 2. The third-order valence-electron chi connectivity index (χ3n) is 5.07. The number of rotatable bonds is 6. The Morgan fingerprint density at radius 3 is 2.13 bits per heavy atom. The molecule has 0 saturated heterocycles. The Hall–Kier alpha value is -3.92. The van der Waals surface area contributed by atoms with Crippen LogP contribution in [-0.4, -0.2) is 17.0 Å². The largest absolute Gasteiger partial charge is 0.478 e. The van der Waals surface area contributed by atoms with Gasteiger partial charge in [0.25, 0.3) is 0 Å². The standard InChI is InChI=1S/C26H21NO3/c28-25(14-13-18-7-6-12-20(15-18)19-8-2-1-3-9-19)27-24-17-22-11-5-4-10-21(22)16-23(24)26(29)30/h1-12,15-17H,13-14H2,(H,27,28)(H,29,30). The number of carboxylic acid groups (broad SMARTS) is 1. The van der Waals surface area contributed by atoms with E-state index in [0.29, 0.717) is 12.1 Å². The van der Waals surface area contributed by atoms with Crippen molar-refractivity contribution in [2.24, 2.45) is 0 Å². The van der Waals surface area contributed by atoms with Gasteiger partial charge >= 0.3 is 5.97 Å². The van der Waals surface area contributed by atoms with Crippen LogP contribution in [0.2, 0.25) is 0 Å². The first kappa shape index (κ1) is 19.4. The fourth-order valence-electron chi connectivity index (χ4n) is 3.53. The van der Waals surface area contributed by atoms with Crippen molar-refractivity contribution in [3.05, 3.63) is 102 Å². The first-order valence-electron chi connectivity index (χ1n) is 9.80. The van der Waals surface area contributed by atoms with Gasteiger partial charge in [0.15, 0.2) is 0 Å². The van der Waals surface area contributed by atoms with Crippen LogP contribution in [0.1, 0.15) is 22.3 Å².